The molecule has 0 saturated heterocycles. The van der Waals surface area contributed by atoms with E-state index in [1.807, 2.05) is 19.1 Å². The summed E-state index contributed by atoms with van der Waals surface area (Å²) in [4.78, 5) is 10.5. The van der Waals surface area contributed by atoms with Crippen molar-refractivity contribution >= 4 is 35.3 Å². The Bertz CT molecular complexity index is 742. The van der Waals surface area contributed by atoms with Crippen LogP contribution in [0.25, 0.3) is 6.08 Å². The average molecular weight is 316 g/mol. The van der Waals surface area contributed by atoms with Gasteiger partial charge in [0.2, 0.25) is 0 Å². The van der Waals surface area contributed by atoms with E-state index in [1.165, 1.54) is 12.3 Å². The smallest absolute Gasteiger partial charge is 0.276 e. The van der Waals surface area contributed by atoms with Gasteiger partial charge in [-0.15, -0.1) is 0 Å². The molecule has 0 aromatic heterocycles. The first kappa shape index (κ1) is 15.7. The van der Waals surface area contributed by atoms with E-state index in [1.54, 1.807) is 36.4 Å². The van der Waals surface area contributed by atoms with Crippen LogP contribution >= 0.6 is 11.6 Å². The minimum Gasteiger partial charge on any atom is -0.278 e. The highest BCUT2D eigenvalue weighted by molar-refractivity contribution is 6.31. The topological polar surface area (TPSA) is 67.5 Å². The summed E-state index contributed by atoms with van der Waals surface area (Å²) in [5, 5.41) is 15.5. The molecule has 2 aromatic carbocycles. The first-order chi connectivity index (χ1) is 10.6. The summed E-state index contributed by atoms with van der Waals surface area (Å²) in [6, 6.07) is 12.1. The number of halogens is 1. The Hall–Kier alpha value is -2.66. The van der Waals surface area contributed by atoms with E-state index < -0.39 is 4.92 Å². The lowest BCUT2D eigenvalue weighted by Gasteiger charge is -2.02. The van der Waals surface area contributed by atoms with Crippen LogP contribution < -0.4 is 5.43 Å². The molecule has 2 aromatic rings. The van der Waals surface area contributed by atoms with Crippen molar-refractivity contribution < 1.29 is 4.92 Å². The fourth-order valence-corrected chi connectivity index (χ4v) is 1.94. The molecular weight excluding hydrogens is 302 g/mol. The number of allylic oxidation sites excluding steroid dienone is 1. The van der Waals surface area contributed by atoms with Crippen LogP contribution in [0.5, 0.6) is 0 Å². The van der Waals surface area contributed by atoms with E-state index in [0.717, 1.165) is 11.3 Å². The largest absolute Gasteiger partial charge is 0.278 e. The van der Waals surface area contributed by atoms with Crippen molar-refractivity contribution in [1.29, 1.82) is 0 Å². The highest BCUT2D eigenvalue weighted by atomic mass is 35.5. The van der Waals surface area contributed by atoms with Gasteiger partial charge < -0.3 is 0 Å². The van der Waals surface area contributed by atoms with Gasteiger partial charge in [0.15, 0.2) is 0 Å². The number of aryl methyl sites for hydroxylation is 1. The van der Waals surface area contributed by atoms with Gasteiger partial charge in [0.1, 0.15) is 0 Å². The van der Waals surface area contributed by atoms with Gasteiger partial charge in [-0.3, -0.25) is 15.5 Å². The van der Waals surface area contributed by atoms with Crippen molar-refractivity contribution in [3.8, 4) is 0 Å². The molecular formula is C16H14ClN3O2. The number of nitro groups is 1. The summed E-state index contributed by atoms with van der Waals surface area (Å²) in [6.45, 7) is 1.92. The minimum absolute atomic E-state index is 0.0606. The van der Waals surface area contributed by atoms with Crippen molar-refractivity contribution in [2.45, 2.75) is 6.92 Å². The number of rotatable bonds is 5. The number of nitro benzene ring substituents is 1. The molecule has 6 heteroatoms. The van der Waals surface area contributed by atoms with Crippen LogP contribution in [0.4, 0.5) is 11.4 Å². The zero-order valence-electron chi connectivity index (χ0n) is 11.9. The van der Waals surface area contributed by atoms with Crippen LogP contribution in [0.3, 0.4) is 0 Å². The Morgan fingerprint density at radius 3 is 2.77 bits per heavy atom. The van der Waals surface area contributed by atoms with Crippen LogP contribution in [-0.4, -0.2) is 11.1 Å². The van der Waals surface area contributed by atoms with Crippen molar-refractivity contribution in [3.63, 3.8) is 0 Å². The van der Waals surface area contributed by atoms with Gasteiger partial charge in [0.05, 0.1) is 16.2 Å². The zero-order valence-corrected chi connectivity index (χ0v) is 12.6. The highest BCUT2D eigenvalue weighted by Gasteiger charge is 2.08. The monoisotopic (exact) mass is 315 g/mol. The maximum atomic E-state index is 10.9. The molecule has 5 nitrogen and oxygen atoms in total. The van der Waals surface area contributed by atoms with Crippen LogP contribution in [-0.2, 0) is 0 Å². The minimum atomic E-state index is -0.413. The molecule has 0 heterocycles. The summed E-state index contributed by atoms with van der Waals surface area (Å²) in [5.74, 6) is 0. The van der Waals surface area contributed by atoms with Gasteiger partial charge in [-0.2, -0.15) is 5.10 Å². The van der Waals surface area contributed by atoms with Crippen LogP contribution in [0.1, 0.15) is 11.1 Å². The number of anilines is 1. The van der Waals surface area contributed by atoms with Gasteiger partial charge in [0, 0.05) is 17.3 Å². The molecule has 0 radical (unpaired) electrons. The molecule has 0 atom stereocenters. The second-order valence-electron chi connectivity index (χ2n) is 4.53. The SMILES string of the molecule is Cc1ccc(N/N=C/C=C/c2ccccc2[N+](=O)[O-])cc1Cl. The second-order valence-corrected chi connectivity index (χ2v) is 4.94. The Morgan fingerprint density at radius 1 is 1.27 bits per heavy atom. The van der Waals surface area contributed by atoms with Gasteiger partial charge in [-0.1, -0.05) is 29.8 Å². The predicted molar refractivity (Wildman–Crippen MR) is 90.4 cm³/mol. The van der Waals surface area contributed by atoms with E-state index in [9.17, 15) is 10.1 Å². The lowest BCUT2D eigenvalue weighted by atomic mass is 10.2. The molecule has 0 aliphatic rings. The van der Waals surface area contributed by atoms with Crippen LogP contribution in [0.2, 0.25) is 5.02 Å². The van der Waals surface area contributed by atoms with E-state index >= 15 is 0 Å². The van der Waals surface area contributed by atoms with Gasteiger partial charge in [-0.05, 0) is 42.8 Å². The molecule has 0 aliphatic heterocycles. The molecule has 1 N–H and O–H groups in total. The van der Waals surface area contributed by atoms with Gasteiger partial charge in [0.25, 0.3) is 5.69 Å². The van der Waals surface area contributed by atoms with E-state index in [4.69, 9.17) is 11.6 Å². The first-order valence-corrected chi connectivity index (χ1v) is 6.91. The molecule has 22 heavy (non-hydrogen) atoms. The summed E-state index contributed by atoms with van der Waals surface area (Å²) in [5.41, 5.74) is 5.18. The Balaban J connectivity index is 2.00. The number of benzene rings is 2. The molecule has 112 valence electrons. The number of hydrogen-bond acceptors (Lipinski definition) is 4. The molecule has 0 aliphatic carbocycles. The number of hydrogen-bond donors (Lipinski definition) is 1. The summed E-state index contributed by atoms with van der Waals surface area (Å²) < 4.78 is 0. The molecule has 0 bridgehead atoms. The number of hydrazone groups is 1. The van der Waals surface area contributed by atoms with E-state index in [0.29, 0.717) is 10.6 Å². The molecule has 0 fully saturated rings. The number of nitrogens with one attached hydrogen (secondary N) is 1. The van der Waals surface area contributed by atoms with Gasteiger partial charge in [-0.25, -0.2) is 0 Å². The number of nitrogens with zero attached hydrogens (tertiary/aromatic N) is 2. The summed E-state index contributed by atoms with van der Waals surface area (Å²) in [7, 11) is 0. The van der Waals surface area contributed by atoms with Crippen molar-refractivity contribution in [1.82, 2.24) is 0 Å². The lowest BCUT2D eigenvalue weighted by Crippen LogP contribution is -1.91. The quantitative estimate of drug-likeness (QED) is 0.495. The maximum Gasteiger partial charge on any atom is 0.276 e. The fraction of sp³-hybridized carbons (Fsp3) is 0.0625. The fourth-order valence-electron chi connectivity index (χ4n) is 1.76. The van der Waals surface area contributed by atoms with E-state index in [2.05, 4.69) is 10.5 Å². The van der Waals surface area contributed by atoms with Crippen molar-refractivity contribution in [2.24, 2.45) is 5.10 Å². The molecule has 0 saturated carbocycles. The zero-order chi connectivity index (χ0) is 15.9. The van der Waals surface area contributed by atoms with Crippen LogP contribution in [0, 0.1) is 17.0 Å². The summed E-state index contributed by atoms with van der Waals surface area (Å²) >= 11 is 6.01. The Kier molecular flexibility index (Phi) is 5.27. The summed E-state index contributed by atoms with van der Waals surface area (Å²) in [6.07, 6.45) is 4.78. The third-order valence-corrected chi connectivity index (χ3v) is 3.34. The third-order valence-electron chi connectivity index (χ3n) is 2.94. The molecule has 0 amide bonds. The average Bonchev–Trinajstić information content (AvgIpc) is 2.50. The van der Waals surface area contributed by atoms with Crippen LogP contribution in [0.15, 0.2) is 53.6 Å². The normalized spacial score (nSPS) is 11.2. The number of para-hydroxylation sites is 1. The second kappa shape index (κ2) is 7.38. The first-order valence-electron chi connectivity index (χ1n) is 6.53. The highest BCUT2D eigenvalue weighted by Crippen LogP contribution is 2.20. The molecule has 0 unspecified atom stereocenters. The van der Waals surface area contributed by atoms with Crippen molar-refractivity contribution in [3.05, 3.63) is 74.8 Å². The third kappa shape index (κ3) is 4.17. The van der Waals surface area contributed by atoms with Crippen molar-refractivity contribution in [2.75, 3.05) is 5.43 Å². The Labute approximate surface area is 133 Å². The van der Waals surface area contributed by atoms with Gasteiger partial charge >= 0.3 is 0 Å². The maximum absolute atomic E-state index is 10.9. The lowest BCUT2D eigenvalue weighted by molar-refractivity contribution is -0.385. The van der Waals surface area contributed by atoms with E-state index in [-0.39, 0.29) is 5.69 Å². The Morgan fingerprint density at radius 2 is 2.05 bits per heavy atom. The molecule has 0 spiro atoms. The predicted octanol–water partition coefficient (Wildman–Crippen LogP) is 4.67. The molecule has 2 rings (SSSR count). The standard InChI is InChI=1S/C16H14ClN3O2/c1-12-8-9-14(11-15(12)17)19-18-10-4-6-13-5-2-3-7-16(13)20(21)22/h2-11,19H,1H3/b6-4+,18-10+.